The van der Waals surface area contributed by atoms with Gasteiger partial charge in [-0.05, 0) is 18.6 Å². The van der Waals surface area contributed by atoms with Crippen LogP contribution >= 0.6 is 0 Å². The SMILES string of the molecule is CCCCCCCCCS(=O)(=O)Oc1ccccc1.[KH]. The molecule has 0 saturated heterocycles. The third kappa shape index (κ3) is 10.4. The third-order valence-corrected chi connectivity index (χ3v) is 4.20. The fourth-order valence-corrected chi connectivity index (χ4v) is 2.95. The first-order chi connectivity index (χ1) is 9.14. The zero-order valence-electron chi connectivity index (χ0n) is 11.7. The van der Waals surface area contributed by atoms with Gasteiger partial charge in [-0.25, -0.2) is 0 Å². The molecule has 0 amide bonds. The first-order valence-electron chi connectivity index (χ1n) is 7.11. The molecule has 0 heterocycles. The number of para-hydroxylation sites is 1. The molecule has 20 heavy (non-hydrogen) atoms. The van der Waals surface area contributed by atoms with Gasteiger partial charge in [0.25, 0.3) is 0 Å². The number of unbranched alkanes of at least 4 members (excludes halogenated alkanes) is 6. The van der Waals surface area contributed by atoms with Crippen molar-refractivity contribution in [2.75, 3.05) is 5.75 Å². The van der Waals surface area contributed by atoms with Gasteiger partial charge in [-0.1, -0.05) is 63.6 Å². The van der Waals surface area contributed by atoms with Crippen LogP contribution in [0.25, 0.3) is 0 Å². The maximum atomic E-state index is 11.7. The Labute approximate surface area is 166 Å². The van der Waals surface area contributed by atoms with Crippen LogP contribution < -0.4 is 4.18 Å². The van der Waals surface area contributed by atoms with Crippen molar-refractivity contribution < 1.29 is 12.6 Å². The molecule has 1 rings (SSSR count). The molecule has 0 spiro atoms. The molecule has 0 fully saturated rings. The molecule has 0 aliphatic heterocycles. The molecular formula is C15H25KO3S. The molecule has 0 unspecified atom stereocenters. The summed E-state index contributed by atoms with van der Waals surface area (Å²) in [5, 5.41) is 0. The van der Waals surface area contributed by atoms with E-state index in [0.29, 0.717) is 12.2 Å². The molecule has 1 aromatic rings. The Morgan fingerprint density at radius 3 is 2.05 bits per heavy atom. The summed E-state index contributed by atoms with van der Waals surface area (Å²) in [4.78, 5) is 0. The Hall–Kier alpha value is 0.606. The number of benzene rings is 1. The van der Waals surface area contributed by atoms with Crippen molar-refractivity contribution in [2.24, 2.45) is 0 Å². The second kappa shape index (κ2) is 12.2. The number of hydrogen-bond donors (Lipinski definition) is 0. The van der Waals surface area contributed by atoms with Crippen molar-refractivity contribution in [3.05, 3.63) is 30.3 Å². The molecule has 1 aromatic carbocycles. The summed E-state index contributed by atoms with van der Waals surface area (Å²) in [5.74, 6) is 0.501. The molecule has 0 radical (unpaired) electrons. The van der Waals surface area contributed by atoms with Crippen LogP contribution in [0.1, 0.15) is 51.9 Å². The predicted molar refractivity (Wildman–Crippen MR) is 86.0 cm³/mol. The average molecular weight is 325 g/mol. The summed E-state index contributed by atoms with van der Waals surface area (Å²) in [6.45, 7) is 2.19. The van der Waals surface area contributed by atoms with E-state index < -0.39 is 10.1 Å². The van der Waals surface area contributed by atoms with Gasteiger partial charge >= 0.3 is 61.5 Å². The molecule has 0 aliphatic rings. The molecule has 110 valence electrons. The van der Waals surface area contributed by atoms with Gasteiger partial charge in [-0.15, -0.1) is 0 Å². The molecule has 5 heteroatoms. The Morgan fingerprint density at radius 2 is 1.45 bits per heavy atom. The van der Waals surface area contributed by atoms with E-state index in [0.717, 1.165) is 12.8 Å². The topological polar surface area (TPSA) is 43.4 Å². The summed E-state index contributed by atoms with van der Waals surface area (Å²) >= 11 is 0. The van der Waals surface area contributed by atoms with E-state index in [1.165, 1.54) is 25.7 Å². The molecule has 0 N–H and O–H groups in total. The fraction of sp³-hybridized carbons (Fsp3) is 0.600. The Balaban J connectivity index is 0.00000361. The summed E-state index contributed by atoms with van der Waals surface area (Å²) < 4.78 is 28.4. The van der Waals surface area contributed by atoms with Crippen LogP contribution in [-0.2, 0) is 10.1 Å². The maximum absolute atomic E-state index is 11.7. The summed E-state index contributed by atoms with van der Waals surface area (Å²) in [6, 6.07) is 8.66. The van der Waals surface area contributed by atoms with Crippen LogP contribution in [0.15, 0.2) is 30.3 Å². The van der Waals surface area contributed by atoms with Crippen molar-refractivity contribution in [1.29, 1.82) is 0 Å². The van der Waals surface area contributed by atoms with Crippen molar-refractivity contribution in [3.63, 3.8) is 0 Å². The van der Waals surface area contributed by atoms with Crippen molar-refractivity contribution in [2.45, 2.75) is 51.9 Å². The fourth-order valence-electron chi connectivity index (χ4n) is 1.90. The molecule has 0 aromatic heterocycles. The minimum absolute atomic E-state index is 0. The summed E-state index contributed by atoms with van der Waals surface area (Å²) in [6.07, 6.45) is 7.72. The van der Waals surface area contributed by atoms with Crippen LogP contribution in [0.3, 0.4) is 0 Å². The van der Waals surface area contributed by atoms with Crippen molar-refractivity contribution in [3.8, 4) is 5.75 Å². The zero-order valence-corrected chi connectivity index (χ0v) is 12.5. The number of hydrogen-bond acceptors (Lipinski definition) is 3. The van der Waals surface area contributed by atoms with Crippen molar-refractivity contribution in [1.82, 2.24) is 0 Å². The second-order valence-corrected chi connectivity index (χ2v) is 6.47. The monoisotopic (exact) mass is 324 g/mol. The molecule has 3 nitrogen and oxygen atoms in total. The molecular weight excluding hydrogens is 299 g/mol. The quantitative estimate of drug-likeness (QED) is 0.376. The average Bonchev–Trinajstić information content (AvgIpc) is 2.38. The first-order valence-corrected chi connectivity index (χ1v) is 8.69. The van der Waals surface area contributed by atoms with Gasteiger partial charge < -0.3 is 4.18 Å². The Kier molecular flexibility index (Phi) is 12.5. The van der Waals surface area contributed by atoms with E-state index in [4.69, 9.17) is 4.18 Å². The van der Waals surface area contributed by atoms with Crippen LogP contribution in [0.2, 0.25) is 0 Å². The number of rotatable bonds is 10. The van der Waals surface area contributed by atoms with Gasteiger partial charge in [0.15, 0.2) is 0 Å². The van der Waals surface area contributed by atoms with Crippen LogP contribution in [0.4, 0.5) is 0 Å². The summed E-state index contributed by atoms with van der Waals surface area (Å²) in [7, 11) is -3.43. The Morgan fingerprint density at radius 1 is 0.900 bits per heavy atom. The van der Waals surface area contributed by atoms with Gasteiger partial charge in [0.1, 0.15) is 5.75 Å². The van der Waals surface area contributed by atoms with Gasteiger partial charge in [-0.3, -0.25) is 0 Å². The summed E-state index contributed by atoms with van der Waals surface area (Å²) in [5.41, 5.74) is 0. The van der Waals surface area contributed by atoms with E-state index in [1.807, 2.05) is 6.07 Å². The van der Waals surface area contributed by atoms with E-state index in [-0.39, 0.29) is 57.1 Å². The zero-order chi connectivity index (χ0) is 14.0. The van der Waals surface area contributed by atoms with Gasteiger partial charge in [0, 0.05) is 0 Å². The Bertz CT molecular complexity index is 432. The normalized spacial score (nSPS) is 10.8. The van der Waals surface area contributed by atoms with Crippen LogP contribution in [0.5, 0.6) is 5.75 Å². The van der Waals surface area contributed by atoms with Gasteiger partial charge in [-0.2, -0.15) is 8.42 Å². The van der Waals surface area contributed by atoms with E-state index in [2.05, 4.69) is 6.92 Å². The second-order valence-electron chi connectivity index (χ2n) is 4.78. The van der Waals surface area contributed by atoms with Gasteiger partial charge in [0.2, 0.25) is 0 Å². The van der Waals surface area contributed by atoms with Crippen LogP contribution in [-0.4, -0.2) is 65.6 Å². The van der Waals surface area contributed by atoms with Gasteiger partial charge in [0.05, 0.1) is 5.75 Å². The van der Waals surface area contributed by atoms with Crippen LogP contribution in [0, 0.1) is 0 Å². The van der Waals surface area contributed by atoms with E-state index in [9.17, 15) is 8.42 Å². The van der Waals surface area contributed by atoms with E-state index in [1.54, 1.807) is 24.3 Å². The molecule has 0 bridgehead atoms. The standard InChI is InChI=1S/C15H24O3S.K.H/c1-2-3-4-5-6-7-11-14-19(16,17)18-15-12-9-8-10-13-15;;/h8-10,12-13H,2-7,11,14H2,1H3;;. The minimum atomic E-state index is -3.43. The molecule has 0 aliphatic carbocycles. The predicted octanol–water partition coefficient (Wildman–Crippen LogP) is 3.50. The molecule has 0 saturated carbocycles. The van der Waals surface area contributed by atoms with Crippen molar-refractivity contribution >= 4 is 61.5 Å². The van der Waals surface area contributed by atoms with E-state index >= 15 is 0 Å². The molecule has 0 atom stereocenters. The first kappa shape index (κ1) is 20.6. The third-order valence-electron chi connectivity index (χ3n) is 2.96.